The van der Waals surface area contributed by atoms with Gasteiger partial charge in [-0.3, -0.25) is 4.79 Å². The molecule has 4 rings (SSSR count). The minimum absolute atomic E-state index is 0.171. The first-order valence-corrected chi connectivity index (χ1v) is 9.18. The Kier molecular flexibility index (Phi) is 4.93. The molecule has 0 aliphatic carbocycles. The number of aromatic nitrogens is 2. The molecule has 0 fully saturated rings. The Labute approximate surface area is 173 Å². The average Bonchev–Trinajstić information content (AvgIpc) is 2.78. The van der Waals surface area contributed by atoms with Gasteiger partial charge in [0.15, 0.2) is 0 Å². The Morgan fingerprint density at radius 1 is 1.07 bits per heavy atom. The molecule has 6 heteroatoms. The van der Waals surface area contributed by atoms with Crippen LogP contribution in [0.1, 0.15) is 5.56 Å². The van der Waals surface area contributed by atoms with Crippen molar-refractivity contribution in [1.82, 2.24) is 9.97 Å². The number of nitrogen functional groups attached to an aromatic ring is 1. The van der Waals surface area contributed by atoms with Gasteiger partial charge in [0.1, 0.15) is 0 Å². The van der Waals surface area contributed by atoms with E-state index in [2.05, 4.69) is 27.9 Å². The second kappa shape index (κ2) is 7.86. The van der Waals surface area contributed by atoms with Gasteiger partial charge in [-0.15, -0.1) is 0 Å². The van der Waals surface area contributed by atoms with E-state index in [1.54, 1.807) is 18.3 Å². The molecule has 144 valence electrons. The van der Waals surface area contributed by atoms with Crippen LogP contribution in [0.2, 0.25) is 0 Å². The topological polar surface area (TPSA) is 105 Å². The fourth-order valence-corrected chi connectivity index (χ4v) is 3.32. The van der Waals surface area contributed by atoms with E-state index < -0.39 is 0 Å². The molecule has 1 heterocycles. The van der Waals surface area contributed by atoms with Gasteiger partial charge in [-0.2, -0.15) is 5.26 Å². The molecule has 0 saturated heterocycles. The van der Waals surface area contributed by atoms with Crippen molar-refractivity contribution in [1.29, 1.82) is 5.26 Å². The molecule has 1 amide bonds. The summed E-state index contributed by atoms with van der Waals surface area (Å²) in [6.07, 6.45) is 2.89. The lowest BCUT2D eigenvalue weighted by Crippen LogP contribution is -2.07. The van der Waals surface area contributed by atoms with Crippen LogP contribution in [0.4, 0.5) is 11.6 Å². The van der Waals surface area contributed by atoms with Crippen molar-refractivity contribution in [2.24, 2.45) is 0 Å². The summed E-state index contributed by atoms with van der Waals surface area (Å²) in [5, 5.41) is 13.1. The van der Waals surface area contributed by atoms with E-state index in [0.29, 0.717) is 16.8 Å². The number of nitrogens with two attached hydrogens (primary N) is 1. The van der Waals surface area contributed by atoms with Crippen molar-refractivity contribution >= 4 is 28.4 Å². The van der Waals surface area contributed by atoms with Crippen LogP contribution >= 0.6 is 0 Å². The van der Waals surface area contributed by atoms with Gasteiger partial charge in [-0.1, -0.05) is 36.9 Å². The van der Waals surface area contributed by atoms with Crippen LogP contribution in [0.5, 0.6) is 0 Å². The Hall–Kier alpha value is -4.50. The maximum Gasteiger partial charge on any atom is 0.247 e. The standard InChI is InChI=1S/C24H17N5O/c1-2-22(30)28-19-8-5-7-15(11-19)21-12-17(20-9-4-3-6-16(20)13-25)10-18-14-27-24(26)29-23(18)21/h2-12,14H,1H2,(H,28,30)(H2,26,27,29). The van der Waals surface area contributed by atoms with Crippen molar-refractivity contribution in [3.8, 4) is 28.3 Å². The van der Waals surface area contributed by atoms with Crippen LogP contribution in [0.25, 0.3) is 33.2 Å². The first kappa shape index (κ1) is 18.8. The second-order valence-electron chi connectivity index (χ2n) is 6.62. The fourth-order valence-electron chi connectivity index (χ4n) is 3.32. The molecule has 0 aliphatic heterocycles. The maximum absolute atomic E-state index is 11.7. The Morgan fingerprint density at radius 3 is 2.70 bits per heavy atom. The zero-order chi connectivity index (χ0) is 21.1. The smallest absolute Gasteiger partial charge is 0.247 e. The van der Waals surface area contributed by atoms with E-state index >= 15 is 0 Å². The van der Waals surface area contributed by atoms with E-state index in [1.165, 1.54) is 6.08 Å². The van der Waals surface area contributed by atoms with Crippen LogP contribution in [-0.4, -0.2) is 15.9 Å². The van der Waals surface area contributed by atoms with E-state index in [-0.39, 0.29) is 11.9 Å². The molecule has 0 saturated carbocycles. The zero-order valence-electron chi connectivity index (χ0n) is 16.0. The van der Waals surface area contributed by atoms with Crippen molar-refractivity contribution in [2.45, 2.75) is 0 Å². The zero-order valence-corrected chi connectivity index (χ0v) is 16.0. The second-order valence-corrected chi connectivity index (χ2v) is 6.62. The Balaban J connectivity index is 1.96. The lowest BCUT2D eigenvalue weighted by molar-refractivity contribution is -0.111. The van der Waals surface area contributed by atoms with E-state index in [0.717, 1.165) is 27.6 Å². The molecule has 0 spiro atoms. The SMILES string of the molecule is C=CC(=O)Nc1cccc(-c2cc(-c3ccccc3C#N)cc3cnc(N)nc23)c1. The van der Waals surface area contributed by atoms with Crippen LogP contribution in [0, 0.1) is 11.3 Å². The lowest BCUT2D eigenvalue weighted by atomic mass is 9.94. The third kappa shape index (κ3) is 3.60. The number of nitrogens with zero attached hydrogens (tertiary/aromatic N) is 3. The summed E-state index contributed by atoms with van der Waals surface area (Å²) >= 11 is 0. The fraction of sp³-hybridized carbons (Fsp3) is 0. The monoisotopic (exact) mass is 391 g/mol. The lowest BCUT2D eigenvalue weighted by Gasteiger charge is -2.13. The van der Waals surface area contributed by atoms with E-state index in [9.17, 15) is 10.1 Å². The predicted octanol–water partition coefficient (Wildman–Crippen LogP) is 4.54. The Morgan fingerprint density at radius 2 is 1.90 bits per heavy atom. The minimum Gasteiger partial charge on any atom is -0.368 e. The molecule has 0 unspecified atom stereocenters. The molecule has 3 aromatic carbocycles. The van der Waals surface area contributed by atoms with Crippen LogP contribution < -0.4 is 11.1 Å². The van der Waals surface area contributed by atoms with Gasteiger partial charge in [-0.05, 0) is 53.1 Å². The number of carbonyl (C=O) groups is 1. The summed E-state index contributed by atoms with van der Waals surface area (Å²) in [7, 11) is 0. The third-order valence-corrected chi connectivity index (χ3v) is 4.69. The first-order valence-electron chi connectivity index (χ1n) is 9.18. The summed E-state index contributed by atoms with van der Waals surface area (Å²) in [5.41, 5.74) is 11.1. The molecule has 4 aromatic rings. The van der Waals surface area contributed by atoms with Crippen molar-refractivity contribution < 1.29 is 4.79 Å². The Bertz CT molecular complexity index is 1340. The normalized spacial score (nSPS) is 10.4. The highest BCUT2D eigenvalue weighted by atomic mass is 16.1. The van der Waals surface area contributed by atoms with Gasteiger partial charge in [0, 0.05) is 22.8 Å². The summed E-state index contributed by atoms with van der Waals surface area (Å²) in [4.78, 5) is 20.3. The van der Waals surface area contributed by atoms with Gasteiger partial charge in [0.25, 0.3) is 0 Å². The number of benzene rings is 3. The molecule has 1 aromatic heterocycles. The molecule has 0 radical (unpaired) electrons. The summed E-state index contributed by atoms with van der Waals surface area (Å²) < 4.78 is 0. The molecule has 0 aliphatic rings. The number of amides is 1. The van der Waals surface area contributed by atoms with Crippen LogP contribution in [-0.2, 0) is 4.79 Å². The van der Waals surface area contributed by atoms with Gasteiger partial charge in [0.05, 0.1) is 17.1 Å². The first-order chi connectivity index (χ1) is 14.6. The quantitative estimate of drug-likeness (QED) is 0.497. The average molecular weight is 391 g/mol. The molecule has 3 N–H and O–H groups in total. The largest absolute Gasteiger partial charge is 0.368 e. The maximum atomic E-state index is 11.7. The van der Waals surface area contributed by atoms with Crippen LogP contribution in [0.3, 0.4) is 0 Å². The molecule has 0 atom stereocenters. The number of nitrogens with one attached hydrogen (secondary N) is 1. The van der Waals surface area contributed by atoms with Gasteiger partial charge < -0.3 is 11.1 Å². The van der Waals surface area contributed by atoms with E-state index in [1.807, 2.05) is 48.5 Å². The molecular weight excluding hydrogens is 374 g/mol. The summed E-state index contributed by atoms with van der Waals surface area (Å²) in [5.74, 6) is -0.120. The molecule has 0 bridgehead atoms. The van der Waals surface area contributed by atoms with Gasteiger partial charge in [0.2, 0.25) is 11.9 Å². The number of nitriles is 1. The number of hydrogen-bond acceptors (Lipinski definition) is 5. The highest BCUT2D eigenvalue weighted by Gasteiger charge is 2.13. The number of rotatable bonds is 4. The molecule has 30 heavy (non-hydrogen) atoms. The number of fused-ring (bicyclic) bond motifs is 1. The number of carbonyl (C=O) groups excluding carboxylic acids is 1. The van der Waals surface area contributed by atoms with Crippen molar-refractivity contribution in [3.63, 3.8) is 0 Å². The molecule has 6 nitrogen and oxygen atoms in total. The predicted molar refractivity (Wildman–Crippen MR) is 118 cm³/mol. The van der Waals surface area contributed by atoms with E-state index in [4.69, 9.17) is 5.73 Å². The highest BCUT2D eigenvalue weighted by molar-refractivity contribution is 6.01. The van der Waals surface area contributed by atoms with Crippen LogP contribution in [0.15, 0.2) is 79.5 Å². The van der Waals surface area contributed by atoms with Crippen molar-refractivity contribution in [3.05, 3.63) is 85.1 Å². The van der Waals surface area contributed by atoms with Crippen molar-refractivity contribution in [2.75, 3.05) is 11.1 Å². The number of anilines is 2. The van der Waals surface area contributed by atoms with Gasteiger partial charge >= 0.3 is 0 Å². The summed E-state index contributed by atoms with van der Waals surface area (Å²) in [6.45, 7) is 3.48. The number of hydrogen-bond donors (Lipinski definition) is 2. The molecular formula is C24H17N5O. The summed E-state index contributed by atoms with van der Waals surface area (Å²) in [6, 6.07) is 21.0. The highest BCUT2D eigenvalue weighted by Crippen LogP contribution is 2.35. The third-order valence-electron chi connectivity index (χ3n) is 4.69. The minimum atomic E-state index is -0.291. The van der Waals surface area contributed by atoms with Gasteiger partial charge in [-0.25, -0.2) is 9.97 Å².